The zero-order chi connectivity index (χ0) is 15.8. The summed E-state index contributed by atoms with van der Waals surface area (Å²) >= 11 is 0. The first-order valence-corrected chi connectivity index (χ1v) is 7.93. The summed E-state index contributed by atoms with van der Waals surface area (Å²) < 4.78 is 15.9. The summed E-state index contributed by atoms with van der Waals surface area (Å²) in [6.45, 7) is 3.51. The fourth-order valence-electron chi connectivity index (χ4n) is 3.29. The molecular formula is C15H19FN6O. The Morgan fingerprint density at radius 1 is 1.13 bits per heavy atom. The van der Waals surface area contributed by atoms with Gasteiger partial charge >= 0.3 is 0 Å². The molecular weight excluding hydrogens is 299 g/mol. The maximum atomic E-state index is 14.0. The van der Waals surface area contributed by atoms with Gasteiger partial charge in [-0.05, 0) is 12.8 Å². The molecule has 0 aliphatic carbocycles. The lowest BCUT2D eigenvalue weighted by Gasteiger charge is -2.21. The highest BCUT2D eigenvalue weighted by Gasteiger charge is 2.27. The van der Waals surface area contributed by atoms with Crippen LogP contribution in [0.5, 0.6) is 0 Å². The molecule has 0 atom stereocenters. The Bertz CT molecular complexity index is 712. The minimum absolute atomic E-state index is 0.0558. The number of aliphatic hydroxyl groups is 1. The molecule has 0 amide bonds. The third kappa shape index (κ3) is 2.52. The van der Waals surface area contributed by atoms with Gasteiger partial charge in [-0.1, -0.05) is 0 Å². The molecule has 2 aromatic rings. The number of hydrogen-bond donors (Lipinski definition) is 1. The molecule has 4 rings (SSSR count). The van der Waals surface area contributed by atoms with E-state index in [4.69, 9.17) is 5.11 Å². The van der Waals surface area contributed by atoms with Crippen molar-refractivity contribution in [3.05, 3.63) is 29.5 Å². The third-order valence-electron chi connectivity index (χ3n) is 4.45. The Hall–Kier alpha value is -2.22. The first kappa shape index (κ1) is 14.4. The highest BCUT2D eigenvalue weighted by Crippen LogP contribution is 2.28. The van der Waals surface area contributed by atoms with Crippen molar-refractivity contribution in [2.45, 2.75) is 32.5 Å². The smallest absolute Gasteiger partial charge is 0.228 e. The normalized spacial score (nSPS) is 17.1. The summed E-state index contributed by atoms with van der Waals surface area (Å²) in [4.78, 5) is 12.6. The molecule has 122 valence electrons. The lowest BCUT2D eigenvalue weighted by Crippen LogP contribution is -2.24. The lowest BCUT2D eigenvalue weighted by molar-refractivity contribution is 0.267. The van der Waals surface area contributed by atoms with Gasteiger partial charge in [0.25, 0.3) is 0 Å². The zero-order valence-electron chi connectivity index (χ0n) is 12.8. The van der Waals surface area contributed by atoms with Crippen LogP contribution in [0, 0.1) is 5.82 Å². The van der Waals surface area contributed by atoms with Crippen molar-refractivity contribution in [3.63, 3.8) is 0 Å². The molecule has 0 radical (unpaired) electrons. The van der Waals surface area contributed by atoms with E-state index in [0.717, 1.165) is 37.2 Å². The average Bonchev–Trinajstić information content (AvgIpc) is 3.26. The minimum atomic E-state index is -0.362. The first-order valence-electron chi connectivity index (χ1n) is 7.93. The maximum absolute atomic E-state index is 14.0. The van der Waals surface area contributed by atoms with Gasteiger partial charge < -0.3 is 14.9 Å². The van der Waals surface area contributed by atoms with E-state index in [1.807, 2.05) is 16.0 Å². The van der Waals surface area contributed by atoms with Crippen LogP contribution in [-0.4, -0.2) is 44.6 Å². The van der Waals surface area contributed by atoms with Gasteiger partial charge in [0.2, 0.25) is 5.95 Å². The number of fused-ring (bicyclic) bond motifs is 1. The quantitative estimate of drug-likeness (QED) is 0.904. The van der Waals surface area contributed by atoms with Gasteiger partial charge in [-0.25, -0.2) is 9.37 Å². The Morgan fingerprint density at radius 2 is 1.96 bits per heavy atom. The molecule has 0 saturated carbocycles. The van der Waals surface area contributed by atoms with Crippen molar-refractivity contribution in [3.8, 4) is 0 Å². The highest BCUT2D eigenvalue weighted by atomic mass is 19.1. The predicted molar refractivity (Wildman–Crippen MR) is 82.6 cm³/mol. The number of nitrogens with zero attached hydrogens (tertiary/aromatic N) is 6. The monoisotopic (exact) mass is 318 g/mol. The van der Waals surface area contributed by atoms with Crippen LogP contribution < -0.4 is 9.80 Å². The molecule has 23 heavy (non-hydrogen) atoms. The molecule has 0 bridgehead atoms. The lowest BCUT2D eigenvalue weighted by atomic mass is 10.3. The van der Waals surface area contributed by atoms with E-state index in [-0.39, 0.29) is 12.4 Å². The fraction of sp³-hybridized carbons (Fsp3) is 0.533. The first-order chi connectivity index (χ1) is 11.3. The Balaban J connectivity index is 1.58. The summed E-state index contributed by atoms with van der Waals surface area (Å²) in [5.74, 6) is 0.583. The number of hydrogen-bond acceptors (Lipinski definition) is 6. The third-order valence-corrected chi connectivity index (χ3v) is 4.45. The van der Waals surface area contributed by atoms with Crippen LogP contribution in [0.15, 0.2) is 12.4 Å². The molecule has 1 saturated heterocycles. The summed E-state index contributed by atoms with van der Waals surface area (Å²) in [7, 11) is 0. The second-order valence-electron chi connectivity index (χ2n) is 5.96. The van der Waals surface area contributed by atoms with Crippen molar-refractivity contribution in [1.29, 1.82) is 0 Å². The number of aliphatic hydroxyl groups excluding tert-OH is 1. The summed E-state index contributed by atoms with van der Waals surface area (Å²) in [5.41, 5.74) is 2.17. The van der Waals surface area contributed by atoms with Crippen LogP contribution in [0.25, 0.3) is 0 Å². The largest absolute Gasteiger partial charge is 0.394 e. The molecule has 7 nitrogen and oxygen atoms in total. The molecule has 2 aliphatic heterocycles. The van der Waals surface area contributed by atoms with Crippen molar-refractivity contribution in [2.75, 3.05) is 29.5 Å². The second kappa shape index (κ2) is 5.77. The van der Waals surface area contributed by atoms with E-state index in [1.54, 1.807) is 4.68 Å². The predicted octanol–water partition coefficient (Wildman–Crippen LogP) is 0.925. The number of aromatic nitrogens is 4. The van der Waals surface area contributed by atoms with Crippen LogP contribution in [0.1, 0.15) is 24.1 Å². The second-order valence-corrected chi connectivity index (χ2v) is 5.96. The average molecular weight is 318 g/mol. The van der Waals surface area contributed by atoms with Gasteiger partial charge in [0.05, 0.1) is 37.8 Å². The van der Waals surface area contributed by atoms with Crippen LogP contribution in [0.4, 0.5) is 16.2 Å². The van der Waals surface area contributed by atoms with Gasteiger partial charge in [-0.3, -0.25) is 4.68 Å². The Kier molecular flexibility index (Phi) is 3.60. The standard InChI is InChI=1S/C15H19FN6O/c16-12-8-17-15(19-14(12)20-3-1-2-4-20)21-9-11-7-18-22(5-6-23)13(11)10-21/h7-8,23H,1-6,9-10H2. The van der Waals surface area contributed by atoms with E-state index in [2.05, 4.69) is 15.1 Å². The number of anilines is 2. The van der Waals surface area contributed by atoms with Gasteiger partial charge in [-0.15, -0.1) is 0 Å². The molecule has 8 heteroatoms. The van der Waals surface area contributed by atoms with E-state index in [9.17, 15) is 4.39 Å². The molecule has 1 N–H and O–H groups in total. The van der Waals surface area contributed by atoms with Crippen molar-refractivity contribution < 1.29 is 9.50 Å². The summed E-state index contributed by atoms with van der Waals surface area (Å²) in [5, 5.41) is 13.4. The minimum Gasteiger partial charge on any atom is -0.394 e. The van der Waals surface area contributed by atoms with Crippen molar-refractivity contribution >= 4 is 11.8 Å². The SMILES string of the molecule is OCCn1ncc2c1CN(c1ncc(F)c(N3CCCC3)n1)C2. The van der Waals surface area contributed by atoms with Crippen LogP contribution in [0.2, 0.25) is 0 Å². The Labute approximate surface area is 133 Å². The summed E-state index contributed by atoms with van der Waals surface area (Å²) in [6.07, 6.45) is 5.23. The van der Waals surface area contributed by atoms with E-state index in [0.29, 0.717) is 31.4 Å². The molecule has 0 unspecified atom stereocenters. The molecule has 2 aromatic heterocycles. The molecule has 4 heterocycles. The fourth-order valence-corrected chi connectivity index (χ4v) is 3.29. The van der Waals surface area contributed by atoms with E-state index >= 15 is 0 Å². The highest BCUT2D eigenvalue weighted by molar-refractivity contribution is 5.48. The number of halogens is 1. The van der Waals surface area contributed by atoms with Gasteiger partial charge in [-0.2, -0.15) is 10.1 Å². The maximum Gasteiger partial charge on any atom is 0.228 e. The van der Waals surface area contributed by atoms with E-state index < -0.39 is 0 Å². The van der Waals surface area contributed by atoms with Crippen molar-refractivity contribution in [1.82, 2.24) is 19.7 Å². The van der Waals surface area contributed by atoms with Gasteiger partial charge in [0.1, 0.15) is 0 Å². The zero-order valence-corrected chi connectivity index (χ0v) is 12.8. The molecule has 0 spiro atoms. The van der Waals surface area contributed by atoms with E-state index in [1.165, 1.54) is 6.20 Å². The Morgan fingerprint density at radius 3 is 2.74 bits per heavy atom. The molecule has 0 aromatic carbocycles. The van der Waals surface area contributed by atoms with Crippen LogP contribution in [0.3, 0.4) is 0 Å². The molecule has 1 fully saturated rings. The van der Waals surface area contributed by atoms with Crippen molar-refractivity contribution in [2.24, 2.45) is 0 Å². The van der Waals surface area contributed by atoms with Crippen LogP contribution >= 0.6 is 0 Å². The molecule has 2 aliphatic rings. The summed E-state index contributed by atoms with van der Waals surface area (Å²) in [6, 6.07) is 0. The number of rotatable bonds is 4. The van der Waals surface area contributed by atoms with Crippen LogP contribution in [-0.2, 0) is 19.6 Å². The topological polar surface area (TPSA) is 70.3 Å². The van der Waals surface area contributed by atoms with Gasteiger partial charge in [0.15, 0.2) is 11.6 Å². The van der Waals surface area contributed by atoms with Gasteiger partial charge in [0, 0.05) is 25.2 Å².